The Labute approximate surface area is 148 Å². The van der Waals surface area contributed by atoms with E-state index in [0.717, 1.165) is 30.0 Å². The minimum Gasteiger partial charge on any atom is -0.481 e. The number of carbonyl (C=O) groups excluding carboxylic acids is 1. The summed E-state index contributed by atoms with van der Waals surface area (Å²) in [6.45, 7) is 2.32. The van der Waals surface area contributed by atoms with E-state index in [0.29, 0.717) is 18.7 Å². The van der Waals surface area contributed by atoms with Crippen molar-refractivity contribution in [2.24, 2.45) is 0 Å². The highest BCUT2D eigenvalue weighted by atomic mass is 16.5. The molecule has 25 heavy (non-hydrogen) atoms. The predicted octanol–water partition coefficient (Wildman–Crippen LogP) is 3.76. The van der Waals surface area contributed by atoms with Gasteiger partial charge >= 0.3 is 5.97 Å². The van der Waals surface area contributed by atoms with E-state index < -0.39 is 12.1 Å². The molecule has 2 rings (SSSR count). The van der Waals surface area contributed by atoms with Gasteiger partial charge in [0.1, 0.15) is 5.75 Å². The number of benzene rings is 2. The number of amides is 1. The number of nitrogens with one attached hydrogen (secondary N) is 1. The molecule has 0 aromatic heterocycles. The lowest BCUT2D eigenvalue weighted by atomic mass is 10.1. The average Bonchev–Trinajstić information content (AvgIpc) is 2.60. The summed E-state index contributed by atoms with van der Waals surface area (Å²) >= 11 is 0. The summed E-state index contributed by atoms with van der Waals surface area (Å²) in [5.74, 6) is -0.194. The number of fused-ring (bicyclic) bond motifs is 1. The van der Waals surface area contributed by atoms with Gasteiger partial charge in [-0.3, -0.25) is 9.59 Å². The summed E-state index contributed by atoms with van der Waals surface area (Å²) < 4.78 is 5.83. The summed E-state index contributed by atoms with van der Waals surface area (Å²) in [6.07, 6.45) is 2.94. The van der Waals surface area contributed by atoms with Crippen LogP contribution in [-0.2, 0) is 9.59 Å². The molecule has 0 saturated carbocycles. The van der Waals surface area contributed by atoms with Crippen molar-refractivity contribution in [1.82, 2.24) is 5.32 Å². The second-order valence-electron chi connectivity index (χ2n) is 6.09. The van der Waals surface area contributed by atoms with Crippen LogP contribution in [0.2, 0.25) is 0 Å². The van der Waals surface area contributed by atoms with Gasteiger partial charge in [0.2, 0.25) is 0 Å². The number of hydrogen-bond donors (Lipinski definition) is 2. The highest BCUT2D eigenvalue weighted by molar-refractivity contribution is 5.89. The lowest BCUT2D eigenvalue weighted by Crippen LogP contribution is -2.36. The van der Waals surface area contributed by atoms with Gasteiger partial charge in [-0.15, -0.1) is 0 Å². The first-order valence-electron chi connectivity index (χ1n) is 8.72. The first-order chi connectivity index (χ1) is 12.1. The van der Waals surface area contributed by atoms with Gasteiger partial charge in [-0.2, -0.15) is 0 Å². The lowest BCUT2D eigenvalue weighted by Gasteiger charge is -2.16. The van der Waals surface area contributed by atoms with Crippen LogP contribution in [0.1, 0.15) is 39.0 Å². The van der Waals surface area contributed by atoms with Gasteiger partial charge in [-0.1, -0.05) is 49.2 Å². The van der Waals surface area contributed by atoms with Gasteiger partial charge in [-0.25, -0.2) is 0 Å². The molecule has 0 saturated heterocycles. The van der Waals surface area contributed by atoms with Crippen molar-refractivity contribution >= 4 is 22.6 Å². The van der Waals surface area contributed by atoms with Crippen molar-refractivity contribution in [2.45, 2.75) is 45.1 Å². The number of carboxylic acids is 1. The molecule has 2 aromatic rings. The quantitative estimate of drug-likeness (QED) is 0.644. The summed E-state index contributed by atoms with van der Waals surface area (Å²) in [5, 5.41) is 13.5. The average molecular weight is 343 g/mol. The van der Waals surface area contributed by atoms with Gasteiger partial charge in [0.25, 0.3) is 5.91 Å². The predicted molar refractivity (Wildman–Crippen MR) is 97.8 cm³/mol. The van der Waals surface area contributed by atoms with Gasteiger partial charge in [0.15, 0.2) is 6.10 Å². The molecule has 0 fully saturated rings. The Kier molecular flexibility index (Phi) is 7.26. The van der Waals surface area contributed by atoms with Gasteiger partial charge in [0.05, 0.1) is 0 Å². The first-order valence-corrected chi connectivity index (χ1v) is 8.72. The van der Waals surface area contributed by atoms with Crippen LogP contribution in [0.5, 0.6) is 5.75 Å². The third kappa shape index (κ3) is 6.10. The van der Waals surface area contributed by atoms with Crippen molar-refractivity contribution < 1.29 is 19.4 Å². The van der Waals surface area contributed by atoms with Gasteiger partial charge in [0, 0.05) is 18.4 Å². The Hall–Kier alpha value is -2.56. The lowest BCUT2D eigenvalue weighted by molar-refractivity contribution is -0.137. The maximum Gasteiger partial charge on any atom is 0.303 e. The molecule has 1 amide bonds. The fraction of sp³-hybridized carbons (Fsp3) is 0.400. The van der Waals surface area contributed by atoms with Gasteiger partial charge in [-0.05, 0) is 31.2 Å². The molecule has 0 aliphatic carbocycles. The molecular formula is C20H25NO4. The summed E-state index contributed by atoms with van der Waals surface area (Å²) in [4.78, 5) is 22.6. The van der Waals surface area contributed by atoms with E-state index >= 15 is 0 Å². The van der Waals surface area contributed by atoms with Crippen LogP contribution in [-0.4, -0.2) is 29.6 Å². The van der Waals surface area contributed by atoms with Crippen LogP contribution in [0.25, 0.3) is 10.8 Å². The molecule has 2 aromatic carbocycles. The molecule has 5 heteroatoms. The number of aliphatic carboxylic acids is 1. The Morgan fingerprint density at radius 3 is 2.56 bits per heavy atom. The maximum absolute atomic E-state index is 12.1. The van der Waals surface area contributed by atoms with Crippen LogP contribution in [0.15, 0.2) is 42.5 Å². The third-order valence-corrected chi connectivity index (χ3v) is 4.04. The Bertz CT molecular complexity index is 708. The first kappa shape index (κ1) is 18.8. The molecule has 1 unspecified atom stereocenters. The molecule has 2 N–H and O–H groups in total. The summed E-state index contributed by atoms with van der Waals surface area (Å²) in [7, 11) is 0. The zero-order chi connectivity index (χ0) is 18.1. The number of rotatable bonds is 10. The number of ether oxygens (including phenoxy) is 1. The minimum atomic E-state index is -0.757. The van der Waals surface area contributed by atoms with E-state index in [1.54, 1.807) is 6.92 Å². The highest BCUT2D eigenvalue weighted by Gasteiger charge is 2.15. The standard InChI is InChI=1S/C20H25NO4/c1-15(20(24)21-14-7-3-2-4-13-19(22)23)25-18-12-8-10-16-9-5-6-11-17(16)18/h5-6,8-12,15H,2-4,7,13-14H2,1H3,(H,21,24)(H,22,23). The van der Waals surface area contributed by atoms with E-state index in [4.69, 9.17) is 9.84 Å². The molecule has 0 bridgehead atoms. The number of carboxylic acid groups (broad SMARTS) is 1. The fourth-order valence-electron chi connectivity index (χ4n) is 2.65. The van der Waals surface area contributed by atoms with E-state index in [1.165, 1.54) is 0 Å². The number of carbonyl (C=O) groups is 2. The molecule has 0 aliphatic rings. The molecule has 5 nitrogen and oxygen atoms in total. The fourth-order valence-corrected chi connectivity index (χ4v) is 2.65. The van der Waals surface area contributed by atoms with Crippen molar-refractivity contribution in [3.63, 3.8) is 0 Å². The summed E-state index contributed by atoms with van der Waals surface area (Å²) in [6, 6.07) is 13.7. The summed E-state index contributed by atoms with van der Waals surface area (Å²) in [5.41, 5.74) is 0. The molecule has 0 spiro atoms. The largest absolute Gasteiger partial charge is 0.481 e. The monoisotopic (exact) mass is 343 g/mol. The van der Waals surface area contributed by atoms with E-state index in [-0.39, 0.29) is 12.3 Å². The van der Waals surface area contributed by atoms with Crippen molar-refractivity contribution in [3.8, 4) is 5.75 Å². The van der Waals surface area contributed by atoms with Crippen molar-refractivity contribution in [1.29, 1.82) is 0 Å². The molecule has 134 valence electrons. The zero-order valence-corrected chi connectivity index (χ0v) is 14.5. The third-order valence-electron chi connectivity index (χ3n) is 4.04. The smallest absolute Gasteiger partial charge is 0.303 e. The molecule has 1 atom stereocenters. The normalized spacial score (nSPS) is 11.9. The molecular weight excluding hydrogens is 318 g/mol. The molecule has 0 heterocycles. The van der Waals surface area contributed by atoms with Crippen LogP contribution >= 0.6 is 0 Å². The van der Waals surface area contributed by atoms with Crippen LogP contribution in [0, 0.1) is 0 Å². The Morgan fingerprint density at radius 2 is 1.76 bits per heavy atom. The topological polar surface area (TPSA) is 75.6 Å². The van der Waals surface area contributed by atoms with E-state index in [9.17, 15) is 9.59 Å². The zero-order valence-electron chi connectivity index (χ0n) is 14.5. The van der Waals surface area contributed by atoms with Crippen LogP contribution in [0.3, 0.4) is 0 Å². The molecule has 0 aliphatic heterocycles. The van der Waals surface area contributed by atoms with Crippen molar-refractivity contribution in [2.75, 3.05) is 6.54 Å². The van der Waals surface area contributed by atoms with Crippen LogP contribution in [0.4, 0.5) is 0 Å². The second kappa shape index (κ2) is 9.67. The van der Waals surface area contributed by atoms with Gasteiger partial charge < -0.3 is 15.2 Å². The van der Waals surface area contributed by atoms with Crippen molar-refractivity contribution in [3.05, 3.63) is 42.5 Å². The van der Waals surface area contributed by atoms with E-state index in [2.05, 4.69) is 5.32 Å². The number of unbranched alkanes of at least 4 members (excludes halogenated alkanes) is 3. The second-order valence-corrected chi connectivity index (χ2v) is 6.09. The maximum atomic E-state index is 12.1. The van der Waals surface area contributed by atoms with E-state index in [1.807, 2.05) is 42.5 Å². The van der Waals surface area contributed by atoms with Crippen LogP contribution < -0.4 is 10.1 Å². The Morgan fingerprint density at radius 1 is 1.04 bits per heavy atom. The highest BCUT2D eigenvalue weighted by Crippen LogP contribution is 2.25. The minimum absolute atomic E-state index is 0.140. The Balaban J connectivity index is 1.74. The number of hydrogen-bond acceptors (Lipinski definition) is 3. The molecule has 0 radical (unpaired) electrons. The SMILES string of the molecule is CC(Oc1cccc2ccccc12)C(=O)NCCCCCCC(=O)O.